The van der Waals surface area contributed by atoms with Crippen LogP contribution in [0, 0.1) is 0 Å². The molecule has 2 aromatic rings. The number of benzene rings is 2. The lowest BCUT2D eigenvalue weighted by atomic mass is 10.0. The van der Waals surface area contributed by atoms with Crippen LogP contribution in [0.5, 0.6) is 5.75 Å². The summed E-state index contributed by atoms with van der Waals surface area (Å²) in [6.45, 7) is 1.77. The zero-order valence-corrected chi connectivity index (χ0v) is 10.4. The normalized spacial score (nSPS) is 11.3. The smallest absolute Gasteiger partial charge is 0.118 e. The standard InChI is InChI=1S/C15H15NO2/c1-11(16-17)12-3-5-13(6-4-12)14-7-9-15(18-2)10-8-14/h3-10,17H,1-2H3. The van der Waals surface area contributed by atoms with Gasteiger partial charge in [-0.15, -0.1) is 0 Å². The Hall–Kier alpha value is -2.29. The number of oxime groups is 1. The Balaban J connectivity index is 2.28. The van der Waals surface area contributed by atoms with E-state index in [9.17, 15) is 0 Å². The molecule has 0 amide bonds. The van der Waals surface area contributed by atoms with E-state index in [2.05, 4.69) is 5.16 Å². The van der Waals surface area contributed by atoms with Gasteiger partial charge >= 0.3 is 0 Å². The van der Waals surface area contributed by atoms with Gasteiger partial charge in [-0.3, -0.25) is 0 Å². The van der Waals surface area contributed by atoms with E-state index in [1.165, 1.54) is 0 Å². The number of hydrogen-bond donors (Lipinski definition) is 1. The summed E-state index contributed by atoms with van der Waals surface area (Å²) < 4.78 is 5.13. The summed E-state index contributed by atoms with van der Waals surface area (Å²) in [4.78, 5) is 0. The lowest BCUT2D eigenvalue weighted by Gasteiger charge is -2.05. The van der Waals surface area contributed by atoms with Gasteiger partial charge in [0.25, 0.3) is 0 Å². The Morgan fingerprint density at radius 1 is 0.944 bits per heavy atom. The molecule has 3 nitrogen and oxygen atoms in total. The van der Waals surface area contributed by atoms with Crippen LogP contribution in [0.25, 0.3) is 11.1 Å². The summed E-state index contributed by atoms with van der Waals surface area (Å²) in [7, 11) is 1.65. The van der Waals surface area contributed by atoms with Gasteiger partial charge < -0.3 is 9.94 Å². The van der Waals surface area contributed by atoms with Crippen LogP contribution in [0.3, 0.4) is 0 Å². The highest BCUT2D eigenvalue weighted by Gasteiger charge is 2.01. The third-order valence-corrected chi connectivity index (χ3v) is 2.88. The summed E-state index contributed by atoms with van der Waals surface area (Å²) in [5, 5.41) is 11.9. The van der Waals surface area contributed by atoms with E-state index in [0.29, 0.717) is 5.71 Å². The zero-order valence-electron chi connectivity index (χ0n) is 10.4. The molecule has 0 heterocycles. The fraction of sp³-hybridized carbons (Fsp3) is 0.133. The van der Waals surface area contributed by atoms with Crippen molar-refractivity contribution >= 4 is 5.71 Å². The minimum Gasteiger partial charge on any atom is -0.497 e. The first-order chi connectivity index (χ1) is 8.74. The molecule has 0 aliphatic carbocycles. The Morgan fingerprint density at radius 3 is 1.89 bits per heavy atom. The molecule has 0 fully saturated rings. The summed E-state index contributed by atoms with van der Waals surface area (Å²) in [6, 6.07) is 15.8. The van der Waals surface area contributed by atoms with Gasteiger partial charge in [-0.25, -0.2) is 0 Å². The Bertz CT molecular complexity index is 542. The van der Waals surface area contributed by atoms with Crippen molar-refractivity contribution in [1.29, 1.82) is 0 Å². The fourth-order valence-corrected chi connectivity index (χ4v) is 1.75. The quantitative estimate of drug-likeness (QED) is 0.507. The van der Waals surface area contributed by atoms with E-state index >= 15 is 0 Å². The Kier molecular flexibility index (Phi) is 3.63. The van der Waals surface area contributed by atoms with Crippen LogP contribution in [0.15, 0.2) is 53.7 Å². The molecule has 0 spiro atoms. The fourth-order valence-electron chi connectivity index (χ4n) is 1.75. The van der Waals surface area contributed by atoms with Gasteiger partial charge in [-0.1, -0.05) is 41.6 Å². The lowest BCUT2D eigenvalue weighted by molar-refractivity contribution is 0.319. The molecule has 92 valence electrons. The molecule has 2 rings (SSSR count). The average molecular weight is 241 g/mol. The third-order valence-electron chi connectivity index (χ3n) is 2.88. The predicted molar refractivity (Wildman–Crippen MR) is 72.4 cm³/mol. The van der Waals surface area contributed by atoms with Gasteiger partial charge in [-0.05, 0) is 35.7 Å². The van der Waals surface area contributed by atoms with Crippen molar-refractivity contribution in [3.8, 4) is 16.9 Å². The van der Waals surface area contributed by atoms with Crippen LogP contribution in [0.2, 0.25) is 0 Å². The van der Waals surface area contributed by atoms with Crippen LogP contribution < -0.4 is 4.74 Å². The minimum atomic E-state index is 0.608. The second kappa shape index (κ2) is 5.36. The van der Waals surface area contributed by atoms with Crippen LogP contribution in [0.1, 0.15) is 12.5 Å². The van der Waals surface area contributed by atoms with Gasteiger partial charge in [0.1, 0.15) is 5.75 Å². The predicted octanol–water partition coefficient (Wildman–Crippen LogP) is 3.56. The minimum absolute atomic E-state index is 0.608. The molecule has 0 aromatic heterocycles. The molecule has 18 heavy (non-hydrogen) atoms. The summed E-state index contributed by atoms with van der Waals surface area (Å²) in [6.07, 6.45) is 0. The monoisotopic (exact) mass is 241 g/mol. The molecule has 0 radical (unpaired) electrons. The highest BCUT2D eigenvalue weighted by Crippen LogP contribution is 2.22. The molecular formula is C15H15NO2. The third kappa shape index (κ3) is 2.51. The van der Waals surface area contributed by atoms with Gasteiger partial charge in [0, 0.05) is 0 Å². The van der Waals surface area contributed by atoms with E-state index in [0.717, 1.165) is 22.4 Å². The Labute approximate surface area is 106 Å². The van der Waals surface area contributed by atoms with Crippen molar-refractivity contribution in [2.75, 3.05) is 7.11 Å². The molecule has 0 unspecified atom stereocenters. The number of hydrogen-bond acceptors (Lipinski definition) is 3. The molecule has 3 heteroatoms. The maximum Gasteiger partial charge on any atom is 0.118 e. The first-order valence-corrected chi connectivity index (χ1v) is 5.68. The molecule has 2 aromatic carbocycles. The number of nitrogens with zero attached hydrogens (tertiary/aromatic N) is 1. The molecule has 0 bridgehead atoms. The SMILES string of the molecule is COc1ccc(-c2ccc(C(C)=NO)cc2)cc1. The maximum atomic E-state index is 8.71. The van der Waals surface area contributed by atoms with Crippen LogP contribution >= 0.6 is 0 Å². The van der Waals surface area contributed by atoms with Crippen molar-refractivity contribution < 1.29 is 9.94 Å². The molecule has 0 aliphatic heterocycles. The van der Waals surface area contributed by atoms with Crippen LogP contribution in [-0.2, 0) is 0 Å². The van der Waals surface area contributed by atoms with E-state index in [1.54, 1.807) is 14.0 Å². The van der Waals surface area contributed by atoms with E-state index in [1.807, 2.05) is 48.5 Å². The highest BCUT2D eigenvalue weighted by atomic mass is 16.5. The van der Waals surface area contributed by atoms with Crippen molar-refractivity contribution in [3.05, 3.63) is 54.1 Å². The maximum absolute atomic E-state index is 8.71. The largest absolute Gasteiger partial charge is 0.497 e. The van der Waals surface area contributed by atoms with Crippen molar-refractivity contribution in [3.63, 3.8) is 0 Å². The molecule has 0 saturated carbocycles. The molecule has 0 aliphatic rings. The molecule has 1 N–H and O–H groups in total. The number of methoxy groups -OCH3 is 1. The van der Waals surface area contributed by atoms with E-state index in [4.69, 9.17) is 9.94 Å². The first kappa shape index (κ1) is 12.2. The Morgan fingerprint density at radius 2 is 1.44 bits per heavy atom. The first-order valence-electron chi connectivity index (χ1n) is 5.68. The second-order valence-electron chi connectivity index (χ2n) is 3.99. The number of rotatable bonds is 3. The lowest BCUT2D eigenvalue weighted by Crippen LogP contribution is -1.93. The van der Waals surface area contributed by atoms with Gasteiger partial charge in [0.05, 0.1) is 12.8 Å². The second-order valence-corrected chi connectivity index (χ2v) is 3.99. The van der Waals surface area contributed by atoms with Crippen molar-refractivity contribution in [2.45, 2.75) is 6.92 Å². The topological polar surface area (TPSA) is 41.8 Å². The van der Waals surface area contributed by atoms with Gasteiger partial charge in [0.2, 0.25) is 0 Å². The summed E-state index contributed by atoms with van der Waals surface area (Å²) >= 11 is 0. The van der Waals surface area contributed by atoms with E-state index in [-0.39, 0.29) is 0 Å². The van der Waals surface area contributed by atoms with Crippen LogP contribution in [0.4, 0.5) is 0 Å². The van der Waals surface area contributed by atoms with Gasteiger partial charge in [-0.2, -0.15) is 0 Å². The van der Waals surface area contributed by atoms with Crippen LogP contribution in [-0.4, -0.2) is 18.0 Å². The average Bonchev–Trinajstić information content (AvgIpc) is 2.47. The molecule has 0 atom stereocenters. The summed E-state index contributed by atoms with van der Waals surface area (Å²) in [5.41, 5.74) is 3.76. The van der Waals surface area contributed by atoms with Crippen molar-refractivity contribution in [2.24, 2.45) is 5.16 Å². The summed E-state index contributed by atoms with van der Waals surface area (Å²) in [5.74, 6) is 0.846. The van der Waals surface area contributed by atoms with E-state index < -0.39 is 0 Å². The van der Waals surface area contributed by atoms with Crippen molar-refractivity contribution in [1.82, 2.24) is 0 Å². The zero-order chi connectivity index (χ0) is 13.0. The number of ether oxygens (including phenoxy) is 1. The molecule has 0 saturated heterocycles. The highest BCUT2D eigenvalue weighted by molar-refractivity contribution is 5.98. The van der Waals surface area contributed by atoms with Gasteiger partial charge in [0.15, 0.2) is 0 Å². The molecular weight excluding hydrogens is 226 g/mol.